The Bertz CT molecular complexity index is 421. The number of carbonyl (C=O) groups excluding carboxylic acids is 2. The Morgan fingerprint density at radius 1 is 1.06 bits per heavy atom. The number of alkyl halides is 1. The molecule has 0 aliphatic heterocycles. The summed E-state index contributed by atoms with van der Waals surface area (Å²) in [5.41, 5.74) is 1.39. The van der Waals surface area contributed by atoms with E-state index >= 15 is 0 Å². The second-order valence-corrected chi connectivity index (χ2v) is 6.17. The van der Waals surface area contributed by atoms with Crippen molar-refractivity contribution in [1.29, 1.82) is 0 Å². The second kappa shape index (κ2) is 5.31. The number of nitrogens with one attached hydrogen (secondary N) is 2. The van der Waals surface area contributed by atoms with E-state index in [0.717, 1.165) is 0 Å². The van der Waals surface area contributed by atoms with Crippen LogP contribution in [0.15, 0.2) is 24.3 Å². The van der Waals surface area contributed by atoms with Crippen LogP contribution in [0, 0.1) is 0 Å². The highest BCUT2D eigenvalue weighted by molar-refractivity contribution is 9.10. The van der Waals surface area contributed by atoms with Gasteiger partial charge in [0, 0.05) is 18.3 Å². The molecule has 2 amide bonds. The molecule has 0 unspecified atom stereocenters. The van der Waals surface area contributed by atoms with Gasteiger partial charge in [-0.05, 0) is 38.1 Å². The number of amides is 2. The lowest BCUT2D eigenvalue weighted by Gasteiger charge is -2.16. The first-order valence-electron chi connectivity index (χ1n) is 5.17. The van der Waals surface area contributed by atoms with Crippen LogP contribution in [0.25, 0.3) is 0 Å². The molecule has 0 aromatic heterocycles. The fourth-order valence-corrected chi connectivity index (χ4v) is 1.22. The molecule has 2 N–H and O–H groups in total. The Morgan fingerprint density at radius 3 is 1.82 bits per heavy atom. The van der Waals surface area contributed by atoms with Gasteiger partial charge in [-0.15, -0.1) is 0 Å². The minimum absolute atomic E-state index is 0.121. The minimum atomic E-state index is -0.608. The van der Waals surface area contributed by atoms with Gasteiger partial charge in [0.05, 0.1) is 4.32 Å². The summed E-state index contributed by atoms with van der Waals surface area (Å²) in [5, 5.41) is 5.42. The molecule has 0 spiro atoms. The molecular formula is C12H15BrN2O2. The van der Waals surface area contributed by atoms with Gasteiger partial charge in [-0.1, -0.05) is 15.9 Å². The molecule has 0 saturated carbocycles. The van der Waals surface area contributed by atoms with E-state index in [2.05, 4.69) is 26.6 Å². The van der Waals surface area contributed by atoms with E-state index in [1.165, 1.54) is 6.92 Å². The molecule has 1 aromatic rings. The Labute approximate surface area is 109 Å². The van der Waals surface area contributed by atoms with Crippen LogP contribution in [0.3, 0.4) is 0 Å². The van der Waals surface area contributed by atoms with Gasteiger partial charge in [-0.3, -0.25) is 9.59 Å². The van der Waals surface area contributed by atoms with Crippen molar-refractivity contribution in [3.63, 3.8) is 0 Å². The van der Waals surface area contributed by atoms with Crippen LogP contribution in [0.4, 0.5) is 11.4 Å². The third-order valence-corrected chi connectivity index (χ3v) is 2.36. The summed E-state index contributed by atoms with van der Waals surface area (Å²) in [6.07, 6.45) is 0. The lowest BCUT2D eigenvalue weighted by Crippen LogP contribution is -2.30. The number of rotatable bonds is 3. The van der Waals surface area contributed by atoms with E-state index < -0.39 is 4.32 Å². The topological polar surface area (TPSA) is 58.2 Å². The molecule has 0 heterocycles. The monoisotopic (exact) mass is 298 g/mol. The molecule has 0 aliphatic rings. The number of anilines is 2. The molecule has 0 bridgehead atoms. The fourth-order valence-electron chi connectivity index (χ4n) is 1.12. The summed E-state index contributed by atoms with van der Waals surface area (Å²) >= 11 is 3.28. The van der Waals surface area contributed by atoms with Crippen LogP contribution in [-0.4, -0.2) is 16.1 Å². The number of carbonyl (C=O) groups is 2. The van der Waals surface area contributed by atoms with Gasteiger partial charge in [-0.25, -0.2) is 0 Å². The van der Waals surface area contributed by atoms with Gasteiger partial charge in [-0.2, -0.15) is 0 Å². The second-order valence-electron chi connectivity index (χ2n) is 4.19. The summed E-state index contributed by atoms with van der Waals surface area (Å²) in [4.78, 5) is 22.5. The zero-order valence-electron chi connectivity index (χ0n) is 10.0. The van der Waals surface area contributed by atoms with Crippen LogP contribution in [0.1, 0.15) is 20.8 Å². The van der Waals surface area contributed by atoms with E-state index in [1.54, 1.807) is 38.1 Å². The standard InChI is InChI=1S/C12H15BrN2O2/c1-8(16)14-9-4-6-10(7-5-9)15-11(17)12(2,3)13/h4-7H,1-3H3,(H,14,16)(H,15,17). The SMILES string of the molecule is CC(=O)Nc1ccc(NC(=O)C(C)(C)Br)cc1. The largest absolute Gasteiger partial charge is 0.326 e. The summed E-state index contributed by atoms with van der Waals surface area (Å²) in [5.74, 6) is -0.242. The fraction of sp³-hybridized carbons (Fsp3) is 0.333. The molecule has 4 nitrogen and oxygen atoms in total. The number of benzene rings is 1. The van der Waals surface area contributed by atoms with Gasteiger partial charge in [0.1, 0.15) is 0 Å². The average Bonchev–Trinajstić information content (AvgIpc) is 2.18. The van der Waals surface area contributed by atoms with Gasteiger partial charge in [0.2, 0.25) is 11.8 Å². The average molecular weight is 299 g/mol. The van der Waals surface area contributed by atoms with Gasteiger partial charge >= 0.3 is 0 Å². The van der Waals surface area contributed by atoms with Gasteiger partial charge in [0.15, 0.2) is 0 Å². The smallest absolute Gasteiger partial charge is 0.240 e. The summed E-state index contributed by atoms with van der Waals surface area (Å²) in [6.45, 7) is 4.99. The Hall–Kier alpha value is -1.36. The van der Waals surface area contributed by atoms with Crippen molar-refractivity contribution in [2.45, 2.75) is 25.1 Å². The zero-order chi connectivity index (χ0) is 13.1. The lowest BCUT2D eigenvalue weighted by atomic mass is 10.2. The van der Waals surface area contributed by atoms with Crippen molar-refractivity contribution in [3.8, 4) is 0 Å². The van der Waals surface area contributed by atoms with E-state index in [4.69, 9.17) is 0 Å². The molecule has 1 aromatic carbocycles. The van der Waals surface area contributed by atoms with Crippen molar-refractivity contribution in [2.75, 3.05) is 10.6 Å². The maximum atomic E-state index is 11.7. The molecule has 1 rings (SSSR count). The Morgan fingerprint density at radius 2 is 1.47 bits per heavy atom. The maximum Gasteiger partial charge on any atom is 0.240 e. The number of halogens is 1. The molecule has 17 heavy (non-hydrogen) atoms. The van der Waals surface area contributed by atoms with E-state index in [0.29, 0.717) is 11.4 Å². The Kier molecular flexibility index (Phi) is 4.28. The zero-order valence-corrected chi connectivity index (χ0v) is 11.6. The summed E-state index contributed by atoms with van der Waals surface area (Å²) < 4.78 is -0.608. The molecule has 0 atom stereocenters. The van der Waals surface area contributed by atoms with Crippen molar-refractivity contribution < 1.29 is 9.59 Å². The predicted octanol–water partition coefficient (Wildman–Crippen LogP) is 2.76. The highest BCUT2D eigenvalue weighted by Gasteiger charge is 2.23. The highest BCUT2D eigenvalue weighted by atomic mass is 79.9. The van der Waals surface area contributed by atoms with Gasteiger partial charge < -0.3 is 10.6 Å². The third kappa shape index (κ3) is 4.56. The quantitative estimate of drug-likeness (QED) is 0.843. The van der Waals surface area contributed by atoms with Crippen molar-refractivity contribution >= 4 is 39.1 Å². The minimum Gasteiger partial charge on any atom is -0.326 e. The van der Waals surface area contributed by atoms with E-state index in [1.807, 2.05) is 0 Å². The van der Waals surface area contributed by atoms with Crippen molar-refractivity contribution in [3.05, 3.63) is 24.3 Å². The van der Waals surface area contributed by atoms with E-state index in [-0.39, 0.29) is 11.8 Å². The molecule has 92 valence electrons. The molecule has 0 radical (unpaired) electrons. The highest BCUT2D eigenvalue weighted by Crippen LogP contribution is 2.20. The first-order chi connectivity index (χ1) is 7.79. The predicted molar refractivity (Wildman–Crippen MR) is 72.4 cm³/mol. The van der Waals surface area contributed by atoms with Crippen molar-refractivity contribution in [1.82, 2.24) is 0 Å². The Balaban J connectivity index is 2.69. The van der Waals surface area contributed by atoms with Crippen LogP contribution >= 0.6 is 15.9 Å². The first kappa shape index (κ1) is 13.7. The number of hydrogen-bond donors (Lipinski definition) is 2. The van der Waals surface area contributed by atoms with Crippen LogP contribution in [-0.2, 0) is 9.59 Å². The maximum absolute atomic E-state index is 11.7. The molecular weight excluding hydrogens is 284 g/mol. The van der Waals surface area contributed by atoms with Gasteiger partial charge in [0.25, 0.3) is 0 Å². The normalized spacial score (nSPS) is 10.8. The van der Waals surface area contributed by atoms with Crippen LogP contribution in [0.2, 0.25) is 0 Å². The summed E-state index contributed by atoms with van der Waals surface area (Å²) in [7, 11) is 0. The van der Waals surface area contributed by atoms with Crippen LogP contribution < -0.4 is 10.6 Å². The van der Waals surface area contributed by atoms with Crippen LogP contribution in [0.5, 0.6) is 0 Å². The molecule has 0 saturated heterocycles. The first-order valence-corrected chi connectivity index (χ1v) is 5.96. The molecule has 0 aliphatic carbocycles. The van der Waals surface area contributed by atoms with E-state index in [9.17, 15) is 9.59 Å². The van der Waals surface area contributed by atoms with Crippen molar-refractivity contribution in [2.24, 2.45) is 0 Å². The number of hydrogen-bond acceptors (Lipinski definition) is 2. The molecule has 5 heteroatoms. The molecule has 0 fully saturated rings. The third-order valence-electron chi connectivity index (χ3n) is 2.00. The lowest BCUT2D eigenvalue weighted by molar-refractivity contribution is -0.117. The summed E-state index contributed by atoms with van der Waals surface area (Å²) in [6, 6.07) is 6.94.